The molecule has 0 radical (unpaired) electrons. The SMILES string of the molecule is CCC1CC(=O)NC(SCC(=O)Nc2ncn[nH]2)N1. The normalized spacial score (nSPS) is 22.9. The molecule has 2 amide bonds. The Balaban J connectivity index is 1.75. The Morgan fingerprint density at radius 1 is 1.63 bits per heavy atom. The molecule has 104 valence electrons. The first-order chi connectivity index (χ1) is 9.17. The van der Waals surface area contributed by atoms with E-state index >= 15 is 0 Å². The monoisotopic (exact) mass is 284 g/mol. The molecule has 8 nitrogen and oxygen atoms in total. The van der Waals surface area contributed by atoms with Crippen molar-refractivity contribution in [2.45, 2.75) is 31.3 Å². The Hall–Kier alpha value is -1.61. The average Bonchev–Trinajstić information content (AvgIpc) is 2.88. The lowest BCUT2D eigenvalue weighted by atomic mass is 10.1. The molecule has 1 aliphatic heterocycles. The summed E-state index contributed by atoms with van der Waals surface area (Å²) in [5, 5.41) is 14.8. The van der Waals surface area contributed by atoms with Gasteiger partial charge in [-0.25, -0.2) is 5.10 Å². The van der Waals surface area contributed by atoms with Gasteiger partial charge < -0.3 is 5.32 Å². The van der Waals surface area contributed by atoms with E-state index in [1.54, 1.807) is 0 Å². The van der Waals surface area contributed by atoms with Gasteiger partial charge in [0.15, 0.2) is 0 Å². The van der Waals surface area contributed by atoms with Crippen molar-refractivity contribution in [2.24, 2.45) is 0 Å². The number of carbonyl (C=O) groups is 2. The number of aromatic nitrogens is 3. The molecule has 2 rings (SSSR count). The van der Waals surface area contributed by atoms with Crippen LogP contribution in [0.1, 0.15) is 19.8 Å². The van der Waals surface area contributed by atoms with Gasteiger partial charge in [-0.15, -0.1) is 11.8 Å². The zero-order chi connectivity index (χ0) is 13.7. The summed E-state index contributed by atoms with van der Waals surface area (Å²) < 4.78 is 0. The van der Waals surface area contributed by atoms with Gasteiger partial charge in [-0.2, -0.15) is 10.1 Å². The van der Waals surface area contributed by atoms with Gasteiger partial charge in [-0.3, -0.25) is 20.2 Å². The molecule has 0 aromatic carbocycles. The maximum absolute atomic E-state index is 11.6. The fourth-order valence-corrected chi connectivity index (χ4v) is 2.58. The number of amides is 2. The fraction of sp³-hybridized carbons (Fsp3) is 0.600. The van der Waals surface area contributed by atoms with Gasteiger partial charge in [-0.1, -0.05) is 6.92 Å². The molecule has 2 unspecified atom stereocenters. The van der Waals surface area contributed by atoms with Crippen molar-refractivity contribution in [1.82, 2.24) is 25.8 Å². The Morgan fingerprint density at radius 3 is 3.16 bits per heavy atom. The van der Waals surface area contributed by atoms with E-state index in [2.05, 4.69) is 31.1 Å². The third-order valence-electron chi connectivity index (χ3n) is 2.66. The van der Waals surface area contributed by atoms with Gasteiger partial charge in [0.2, 0.25) is 17.8 Å². The average molecular weight is 284 g/mol. The molecule has 19 heavy (non-hydrogen) atoms. The van der Waals surface area contributed by atoms with Crippen LogP contribution in [-0.4, -0.2) is 44.3 Å². The van der Waals surface area contributed by atoms with E-state index in [1.165, 1.54) is 18.1 Å². The quantitative estimate of drug-likeness (QED) is 0.588. The summed E-state index contributed by atoms with van der Waals surface area (Å²) in [5.41, 5.74) is -0.230. The van der Waals surface area contributed by atoms with Gasteiger partial charge >= 0.3 is 0 Å². The van der Waals surface area contributed by atoms with Crippen molar-refractivity contribution in [3.8, 4) is 0 Å². The summed E-state index contributed by atoms with van der Waals surface area (Å²) in [7, 11) is 0. The van der Waals surface area contributed by atoms with Gasteiger partial charge in [0.25, 0.3) is 0 Å². The molecule has 0 aliphatic carbocycles. The molecule has 4 N–H and O–H groups in total. The number of hydrogen-bond acceptors (Lipinski definition) is 6. The second-order valence-corrected chi connectivity index (χ2v) is 5.21. The molecule has 0 saturated carbocycles. The van der Waals surface area contributed by atoms with Crippen LogP contribution in [0.15, 0.2) is 6.33 Å². The molecule has 2 heterocycles. The maximum Gasteiger partial charge on any atom is 0.236 e. The van der Waals surface area contributed by atoms with Crippen molar-refractivity contribution in [3.63, 3.8) is 0 Å². The second kappa shape index (κ2) is 6.53. The smallest absolute Gasteiger partial charge is 0.236 e. The zero-order valence-corrected chi connectivity index (χ0v) is 11.3. The Bertz CT molecular complexity index is 437. The molecule has 9 heteroatoms. The number of aromatic amines is 1. The first-order valence-corrected chi connectivity index (χ1v) is 7.04. The van der Waals surface area contributed by atoms with Crippen LogP contribution in [0.4, 0.5) is 5.95 Å². The van der Waals surface area contributed by atoms with E-state index in [0.717, 1.165) is 6.42 Å². The lowest BCUT2D eigenvalue weighted by molar-refractivity contribution is -0.123. The fourth-order valence-electron chi connectivity index (χ4n) is 1.69. The molecule has 1 fully saturated rings. The molecule has 0 spiro atoms. The summed E-state index contributed by atoms with van der Waals surface area (Å²) in [5.74, 6) is 0.350. The van der Waals surface area contributed by atoms with Gasteiger partial charge in [0.1, 0.15) is 11.8 Å². The number of hydrogen-bond donors (Lipinski definition) is 4. The van der Waals surface area contributed by atoms with E-state index in [9.17, 15) is 9.59 Å². The number of nitrogens with one attached hydrogen (secondary N) is 4. The summed E-state index contributed by atoms with van der Waals surface area (Å²) >= 11 is 1.33. The number of anilines is 1. The highest BCUT2D eigenvalue weighted by Gasteiger charge is 2.25. The minimum absolute atomic E-state index is 0.0127. The maximum atomic E-state index is 11.6. The third kappa shape index (κ3) is 4.21. The zero-order valence-electron chi connectivity index (χ0n) is 10.5. The Labute approximate surface area is 114 Å². The number of rotatable bonds is 5. The van der Waals surface area contributed by atoms with Crippen molar-refractivity contribution in [2.75, 3.05) is 11.1 Å². The summed E-state index contributed by atoms with van der Waals surface area (Å²) in [6.45, 7) is 2.02. The number of H-pyrrole nitrogens is 1. The summed E-state index contributed by atoms with van der Waals surface area (Å²) in [6, 6.07) is 0.170. The van der Waals surface area contributed by atoms with E-state index in [0.29, 0.717) is 12.4 Å². The Kier molecular flexibility index (Phi) is 4.74. The van der Waals surface area contributed by atoms with Crippen LogP contribution in [-0.2, 0) is 9.59 Å². The van der Waals surface area contributed by atoms with E-state index in [-0.39, 0.29) is 29.1 Å². The highest BCUT2D eigenvalue weighted by molar-refractivity contribution is 8.00. The van der Waals surface area contributed by atoms with Gasteiger partial charge in [0.05, 0.1) is 5.75 Å². The van der Waals surface area contributed by atoms with Crippen LogP contribution in [0.25, 0.3) is 0 Å². The largest absolute Gasteiger partial charge is 0.332 e. The highest BCUT2D eigenvalue weighted by atomic mass is 32.2. The molecular formula is C10H16N6O2S. The lowest BCUT2D eigenvalue weighted by Crippen LogP contribution is -2.54. The molecule has 1 saturated heterocycles. The number of thioether (sulfide) groups is 1. The van der Waals surface area contributed by atoms with Crippen molar-refractivity contribution >= 4 is 29.5 Å². The van der Waals surface area contributed by atoms with Crippen molar-refractivity contribution < 1.29 is 9.59 Å². The predicted octanol–water partition coefficient (Wildman–Crippen LogP) is -0.352. The number of nitrogens with zero attached hydrogens (tertiary/aromatic N) is 2. The molecule has 1 aromatic heterocycles. The summed E-state index contributed by atoms with van der Waals surface area (Å²) in [6.07, 6.45) is 2.68. The van der Waals surface area contributed by atoms with Crippen molar-refractivity contribution in [1.29, 1.82) is 0 Å². The van der Waals surface area contributed by atoms with Crippen LogP contribution in [0.3, 0.4) is 0 Å². The van der Waals surface area contributed by atoms with E-state index in [4.69, 9.17) is 0 Å². The molecule has 1 aliphatic rings. The minimum Gasteiger partial charge on any atom is -0.332 e. The van der Waals surface area contributed by atoms with Crippen LogP contribution in [0, 0.1) is 0 Å². The highest BCUT2D eigenvalue weighted by Crippen LogP contribution is 2.13. The topological polar surface area (TPSA) is 112 Å². The third-order valence-corrected chi connectivity index (χ3v) is 3.67. The predicted molar refractivity (Wildman–Crippen MR) is 71.2 cm³/mol. The first-order valence-electron chi connectivity index (χ1n) is 5.99. The van der Waals surface area contributed by atoms with Crippen LogP contribution in [0.5, 0.6) is 0 Å². The molecular weight excluding hydrogens is 268 g/mol. The second-order valence-electron chi connectivity index (χ2n) is 4.12. The standard InChI is InChI=1S/C10H16N6O2S/c1-2-6-3-7(17)15-10(13-6)19-4-8(18)14-9-11-5-12-16-9/h5-6,10,13H,2-4H2,1H3,(H,15,17)(H2,11,12,14,16,18). The minimum atomic E-state index is -0.230. The van der Waals surface area contributed by atoms with Crippen LogP contribution < -0.4 is 16.0 Å². The van der Waals surface area contributed by atoms with E-state index in [1.807, 2.05) is 6.92 Å². The first kappa shape index (κ1) is 13.8. The molecule has 2 atom stereocenters. The van der Waals surface area contributed by atoms with E-state index < -0.39 is 0 Å². The van der Waals surface area contributed by atoms with Crippen LogP contribution in [0.2, 0.25) is 0 Å². The van der Waals surface area contributed by atoms with Crippen molar-refractivity contribution in [3.05, 3.63) is 6.33 Å². The Morgan fingerprint density at radius 2 is 2.47 bits per heavy atom. The van der Waals surface area contributed by atoms with Crippen LogP contribution >= 0.6 is 11.8 Å². The molecule has 0 bridgehead atoms. The summed E-state index contributed by atoms with van der Waals surface area (Å²) in [4.78, 5) is 26.9. The lowest BCUT2D eigenvalue weighted by Gasteiger charge is -2.30. The molecule has 1 aromatic rings. The van der Waals surface area contributed by atoms with Gasteiger partial charge in [-0.05, 0) is 6.42 Å². The van der Waals surface area contributed by atoms with Gasteiger partial charge in [0, 0.05) is 12.5 Å². The number of carbonyl (C=O) groups excluding carboxylic acids is 2.